The monoisotopic (exact) mass is 213 g/mol. The first kappa shape index (κ1) is 10.9. The number of hydrogen-bond donors (Lipinski definition) is 3. The molecule has 0 aliphatic carbocycles. The summed E-state index contributed by atoms with van der Waals surface area (Å²) in [5.74, 6) is 0.0342. The highest BCUT2D eigenvalue weighted by atomic mass is 16.3. The van der Waals surface area contributed by atoms with Crippen molar-refractivity contribution in [3.63, 3.8) is 0 Å². The maximum absolute atomic E-state index is 10.9. The number of nitrogens with zero attached hydrogens (tertiary/aromatic N) is 1. The molecule has 0 aromatic heterocycles. The molecule has 5 nitrogen and oxygen atoms in total. The fourth-order valence-corrected chi connectivity index (χ4v) is 2.52. The van der Waals surface area contributed by atoms with Gasteiger partial charge in [0.05, 0.1) is 6.10 Å². The van der Waals surface area contributed by atoms with Gasteiger partial charge in [-0.25, -0.2) is 0 Å². The Labute approximate surface area is 89.8 Å². The van der Waals surface area contributed by atoms with Crippen LogP contribution in [0.4, 0.5) is 0 Å². The highest BCUT2D eigenvalue weighted by Crippen LogP contribution is 2.17. The maximum atomic E-state index is 10.9. The van der Waals surface area contributed by atoms with E-state index in [1.165, 1.54) is 0 Å². The number of carbonyl (C=O) groups is 1. The Kier molecular flexibility index (Phi) is 3.23. The van der Waals surface area contributed by atoms with Crippen molar-refractivity contribution in [2.45, 2.75) is 31.5 Å². The molecule has 3 N–H and O–H groups in total. The Morgan fingerprint density at radius 1 is 1.53 bits per heavy atom. The van der Waals surface area contributed by atoms with Crippen LogP contribution in [0.25, 0.3) is 0 Å². The van der Waals surface area contributed by atoms with Gasteiger partial charge < -0.3 is 15.7 Å². The van der Waals surface area contributed by atoms with E-state index in [9.17, 15) is 9.90 Å². The van der Waals surface area contributed by atoms with Crippen molar-refractivity contribution in [1.29, 1.82) is 0 Å². The second kappa shape index (κ2) is 4.47. The molecule has 2 aliphatic heterocycles. The summed E-state index contributed by atoms with van der Waals surface area (Å²) < 4.78 is 0. The van der Waals surface area contributed by atoms with E-state index in [0.717, 1.165) is 26.1 Å². The highest BCUT2D eigenvalue weighted by Gasteiger charge is 2.35. The van der Waals surface area contributed by atoms with Gasteiger partial charge in [0.1, 0.15) is 0 Å². The van der Waals surface area contributed by atoms with E-state index in [1.54, 1.807) is 6.92 Å². The standard InChI is InChI=1S/C10H19N3O2/c1-7(14)12-8-2-3-13(6-8)9-4-11-5-10(9)15/h8-11,15H,2-6H2,1H3,(H,12,14). The summed E-state index contributed by atoms with van der Waals surface area (Å²) in [6.45, 7) is 4.92. The van der Waals surface area contributed by atoms with Crippen LogP contribution in [-0.2, 0) is 4.79 Å². The number of β-amino-alcohol motifs (C(OH)–C–C–N with tert-alkyl or cyclic N) is 1. The van der Waals surface area contributed by atoms with E-state index in [1.807, 2.05) is 0 Å². The molecule has 3 unspecified atom stereocenters. The Balaban J connectivity index is 1.84. The molecule has 2 rings (SSSR count). The van der Waals surface area contributed by atoms with Gasteiger partial charge in [-0.15, -0.1) is 0 Å². The predicted octanol–water partition coefficient (Wildman–Crippen LogP) is -1.47. The van der Waals surface area contributed by atoms with Crippen LogP contribution in [0.15, 0.2) is 0 Å². The van der Waals surface area contributed by atoms with Crippen LogP contribution in [-0.4, -0.2) is 60.3 Å². The molecular formula is C10H19N3O2. The van der Waals surface area contributed by atoms with Crippen LogP contribution in [0.3, 0.4) is 0 Å². The molecule has 15 heavy (non-hydrogen) atoms. The summed E-state index contributed by atoms with van der Waals surface area (Å²) in [6.07, 6.45) is 0.726. The lowest BCUT2D eigenvalue weighted by molar-refractivity contribution is -0.119. The van der Waals surface area contributed by atoms with Gasteiger partial charge in [0.15, 0.2) is 0 Å². The summed E-state index contributed by atoms with van der Waals surface area (Å²) in [5.41, 5.74) is 0. The summed E-state index contributed by atoms with van der Waals surface area (Å²) in [4.78, 5) is 13.2. The number of hydrogen-bond acceptors (Lipinski definition) is 4. The number of aliphatic hydroxyl groups excluding tert-OH is 1. The van der Waals surface area contributed by atoms with E-state index in [-0.39, 0.29) is 24.1 Å². The van der Waals surface area contributed by atoms with E-state index in [2.05, 4.69) is 15.5 Å². The van der Waals surface area contributed by atoms with Gasteiger partial charge in [0.25, 0.3) is 0 Å². The molecule has 2 fully saturated rings. The van der Waals surface area contributed by atoms with Gasteiger partial charge in [-0.3, -0.25) is 9.69 Å². The number of rotatable bonds is 2. The fraction of sp³-hybridized carbons (Fsp3) is 0.900. The third-order valence-corrected chi connectivity index (χ3v) is 3.25. The van der Waals surface area contributed by atoms with Gasteiger partial charge >= 0.3 is 0 Å². The number of likely N-dealkylation sites (tertiary alicyclic amines) is 1. The second-order valence-corrected chi connectivity index (χ2v) is 4.47. The summed E-state index contributed by atoms with van der Waals surface area (Å²) in [5, 5.41) is 15.8. The molecule has 0 aromatic rings. The average Bonchev–Trinajstić information content (AvgIpc) is 2.72. The number of carbonyl (C=O) groups excluding carboxylic acids is 1. The Morgan fingerprint density at radius 3 is 2.93 bits per heavy atom. The van der Waals surface area contributed by atoms with Crippen LogP contribution in [0, 0.1) is 0 Å². The largest absolute Gasteiger partial charge is 0.390 e. The molecule has 5 heteroatoms. The third kappa shape index (κ3) is 2.48. The molecule has 2 heterocycles. The quantitative estimate of drug-likeness (QED) is 0.524. The molecule has 2 saturated heterocycles. The third-order valence-electron chi connectivity index (χ3n) is 3.25. The lowest BCUT2D eigenvalue weighted by Crippen LogP contribution is -2.44. The minimum Gasteiger partial charge on any atom is -0.390 e. The smallest absolute Gasteiger partial charge is 0.217 e. The van der Waals surface area contributed by atoms with Crippen LogP contribution in [0.2, 0.25) is 0 Å². The fourth-order valence-electron chi connectivity index (χ4n) is 2.52. The maximum Gasteiger partial charge on any atom is 0.217 e. The predicted molar refractivity (Wildman–Crippen MR) is 56.5 cm³/mol. The SMILES string of the molecule is CC(=O)NC1CCN(C2CNCC2O)C1. The molecule has 0 saturated carbocycles. The Morgan fingerprint density at radius 2 is 2.33 bits per heavy atom. The van der Waals surface area contributed by atoms with Crippen molar-refractivity contribution >= 4 is 5.91 Å². The van der Waals surface area contributed by atoms with Crippen molar-refractivity contribution in [2.75, 3.05) is 26.2 Å². The average molecular weight is 213 g/mol. The molecule has 1 amide bonds. The van der Waals surface area contributed by atoms with Gasteiger partial charge in [0.2, 0.25) is 5.91 Å². The highest BCUT2D eigenvalue weighted by molar-refractivity contribution is 5.73. The molecular weight excluding hydrogens is 194 g/mol. The number of aliphatic hydroxyl groups is 1. The lowest BCUT2D eigenvalue weighted by atomic mass is 10.2. The van der Waals surface area contributed by atoms with Crippen molar-refractivity contribution in [2.24, 2.45) is 0 Å². The first-order chi connectivity index (χ1) is 7.16. The molecule has 3 atom stereocenters. The zero-order chi connectivity index (χ0) is 10.8. The summed E-state index contributed by atoms with van der Waals surface area (Å²) >= 11 is 0. The van der Waals surface area contributed by atoms with E-state index < -0.39 is 0 Å². The van der Waals surface area contributed by atoms with Crippen LogP contribution >= 0.6 is 0 Å². The van der Waals surface area contributed by atoms with Gasteiger partial charge in [-0.2, -0.15) is 0 Å². The first-order valence-corrected chi connectivity index (χ1v) is 5.57. The summed E-state index contributed by atoms with van der Waals surface area (Å²) in [7, 11) is 0. The second-order valence-electron chi connectivity index (χ2n) is 4.47. The van der Waals surface area contributed by atoms with Crippen molar-refractivity contribution in [1.82, 2.24) is 15.5 Å². The molecule has 0 bridgehead atoms. The van der Waals surface area contributed by atoms with E-state index in [4.69, 9.17) is 0 Å². The van der Waals surface area contributed by atoms with Crippen LogP contribution in [0.5, 0.6) is 0 Å². The Bertz CT molecular complexity index is 247. The van der Waals surface area contributed by atoms with E-state index >= 15 is 0 Å². The topological polar surface area (TPSA) is 64.6 Å². The zero-order valence-electron chi connectivity index (χ0n) is 9.07. The first-order valence-electron chi connectivity index (χ1n) is 5.57. The minimum atomic E-state index is -0.263. The zero-order valence-corrected chi connectivity index (χ0v) is 9.07. The molecule has 0 aromatic carbocycles. The molecule has 86 valence electrons. The van der Waals surface area contributed by atoms with Crippen molar-refractivity contribution in [3.8, 4) is 0 Å². The van der Waals surface area contributed by atoms with Gasteiger partial charge in [-0.05, 0) is 6.42 Å². The number of nitrogens with one attached hydrogen (secondary N) is 2. The lowest BCUT2D eigenvalue weighted by Gasteiger charge is -2.25. The van der Waals surface area contributed by atoms with Crippen LogP contribution in [0.1, 0.15) is 13.3 Å². The van der Waals surface area contributed by atoms with Crippen molar-refractivity contribution < 1.29 is 9.90 Å². The minimum absolute atomic E-state index is 0.0342. The normalized spacial score (nSPS) is 37.1. The van der Waals surface area contributed by atoms with Crippen molar-refractivity contribution in [3.05, 3.63) is 0 Å². The molecule has 0 radical (unpaired) electrons. The Hall–Kier alpha value is -0.650. The summed E-state index contributed by atoms with van der Waals surface area (Å²) in [6, 6.07) is 0.485. The molecule has 2 aliphatic rings. The van der Waals surface area contributed by atoms with E-state index in [0.29, 0.717) is 6.54 Å². The van der Waals surface area contributed by atoms with Gasteiger partial charge in [0, 0.05) is 45.2 Å². The molecule has 0 spiro atoms. The van der Waals surface area contributed by atoms with Crippen LogP contribution < -0.4 is 10.6 Å². The van der Waals surface area contributed by atoms with Gasteiger partial charge in [-0.1, -0.05) is 0 Å². The number of amides is 1.